The molecule has 0 spiro atoms. The fourth-order valence-electron chi connectivity index (χ4n) is 4.28. The zero-order valence-corrected chi connectivity index (χ0v) is 18.7. The molecule has 1 fully saturated rings. The number of fused-ring (bicyclic) bond motifs is 1. The van der Waals surface area contributed by atoms with Crippen molar-refractivity contribution in [3.05, 3.63) is 36.4 Å². The molecule has 0 radical (unpaired) electrons. The van der Waals surface area contributed by atoms with E-state index >= 15 is 0 Å². The first-order valence-corrected chi connectivity index (χ1v) is 11.8. The predicted molar refractivity (Wildman–Crippen MR) is 126 cm³/mol. The second-order valence-corrected chi connectivity index (χ2v) is 9.26. The summed E-state index contributed by atoms with van der Waals surface area (Å²) >= 11 is 1.77. The Labute approximate surface area is 182 Å². The third-order valence-electron chi connectivity index (χ3n) is 5.77. The van der Waals surface area contributed by atoms with E-state index in [-0.39, 0.29) is 0 Å². The minimum atomic E-state index is 0.480. The summed E-state index contributed by atoms with van der Waals surface area (Å²) in [5.74, 6) is 3.26. The van der Waals surface area contributed by atoms with Gasteiger partial charge in [0.2, 0.25) is 0 Å². The normalized spacial score (nSPS) is 19.5. The Morgan fingerprint density at radius 1 is 1.23 bits per heavy atom. The highest BCUT2D eigenvalue weighted by Gasteiger charge is 2.22. The maximum Gasteiger partial charge on any atom is 0.166 e. The molecule has 30 heavy (non-hydrogen) atoms. The molecule has 1 N–H and O–H groups in total. The van der Waals surface area contributed by atoms with Gasteiger partial charge in [-0.1, -0.05) is 38.3 Å². The van der Waals surface area contributed by atoms with E-state index in [9.17, 15) is 0 Å². The predicted octanol–water partition coefficient (Wildman–Crippen LogP) is 5.81. The van der Waals surface area contributed by atoms with Gasteiger partial charge in [-0.05, 0) is 44.5 Å². The third-order valence-corrected chi connectivity index (χ3v) is 6.84. The quantitative estimate of drug-likeness (QED) is 0.225. The van der Waals surface area contributed by atoms with Gasteiger partial charge in [0.15, 0.2) is 11.5 Å². The van der Waals surface area contributed by atoms with Crippen LogP contribution >= 0.6 is 11.8 Å². The Hall–Kier alpha value is -2.41. The van der Waals surface area contributed by atoms with Crippen molar-refractivity contribution < 1.29 is 0 Å². The number of thioether (sulfide) groups is 1. The van der Waals surface area contributed by atoms with Crippen LogP contribution in [-0.4, -0.2) is 38.5 Å². The second kappa shape index (κ2) is 9.60. The molecule has 0 bridgehead atoms. The fraction of sp³-hybridized carbons (Fsp3) is 0.478. The number of aryl methyl sites for hydroxylation is 1. The molecule has 1 aliphatic carbocycles. The minimum absolute atomic E-state index is 0.480. The average molecular weight is 423 g/mol. The highest BCUT2D eigenvalue weighted by Crippen LogP contribution is 2.33. The van der Waals surface area contributed by atoms with Crippen molar-refractivity contribution in [2.45, 2.75) is 56.9 Å². The van der Waals surface area contributed by atoms with E-state index in [4.69, 9.17) is 9.97 Å². The number of anilines is 1. The van der Waals surface area contributed by atoms with Gasteiger partial charge in [0.05, 0.1) is 12.0 Å². The molecule has 2 unspecified atom stereocenters. The Bertz CT molecular complexity index is 1010. The largest absolute Gasteiger partial charge is 0.367 e. The summed E-state index contributed by atoms with van der Waals surface area (Å²) in [7, 11) is 0. The van der Waals surface area contributed by atoms with Gasteiger partial charge in [-0.25, -0.2) is 15.0 Å². The molecule has 0 aliphatic heterocycles. The molecule has 2 aromatic heterocycles. The molecule has 3 aromatic rings. The molecule has 6 nitrogen and oxygen atoms in total. The molecule has 0 amide bonds. The Morgan fingerprint density at radius 3 is 2.93 bits per heavy atom. The third kappa shape index (κ3) is 4.67. The van der Waals surface area contributed by atoms with Gasteiger partial charge in [-0.15, -0.1) is 11.8 Å². The average Bonchev–Trinajstić information content (AvgIpc) is 3.05. The number of hydrogen-bond donors (Lipinski definition) is 1. The van der Waals surface area contributed by atoms with E-state index in [2.05, 4.69) is 39.6 Å². The van der Waals surface area contributed by atoms with Gasteiger partial charge in [-0.2, -0.15) is 0 Å². The molecule has 7 heteroatoms. The molecule has 0 saturated heterocycles. The standard InChI is InChI=1S/C23H30N6S/c1-16-8-4-5-9-18(14-16)29-15-26-21-22(27-17(2)28-23(21)29)25-12-13-30-20-11-7-6-10-19(20)24-3/h6-7,10-11,15-16,18H,3-5,8-9,12-14H2,1-2H3,(H,25,27,28). The van der Waals surface area contributed by atoms with Crippen LogP contribution in [0.2, 0.25) is 0 Å². The van der Waals surface area contributed by atoms with Crippen LogP contribution in [0.5, 0.6) is 0 Å². The number of para-hydroxylation sites is 1. The lowest BCUT2D eigenvalue weighted by Crippen LogP contribution is -2.12. The van der Waals surface area contributed by atoms with E-state index < -0.39 is 0 Å². The Morgan fingerprint density at radius 2 is 2.07 bits per heavy atom. The van der Waals surface area contributed by atoms with E-state index in [1.807, 2.05) is 31.5 Å². The highest BCUT2D eigenvalue weighted by atomic mass is 32.2. The zero-order chi connectivity index (χ0) is 20.9. The number of benzene rings is 1. The summed E-state index contributed by atoms with van der Waals surface area (Å²) in [6, 6.07) is 8.56. The smallest absolute Gasteiger partial charge is 0.166 e. The minimum Gasteiger partial charge on any atom is -0.367 e. The summed E-state index contributed by atoms with van der Waals surface area (Å²) in [4.78, 5) is 19.3. The summed E-state index contributed by atoms with van der Waals surface area (Å²) in [6.07, 6.45) is 8.30. The van der Waals surface area contributed by atoms with Crippen molar-refractivity contribution in [1.29, 1.82) is 0 Å². The lowest BCUT2D eigenvalue weighted by molar-refractivity contribution is 0.393. The first kappa shape index (κ1) is 20.8. The molecule has 1 aliphatic rings. The van der Waals surface area contributed by atoms with Gasteiger partial charge in [-0.3, -0.25) is 4.99 Å². The number of nitrogens with one attached hydrogen (secondary N) is 1. The number of aromatic nitrogens is 4. The molecular formula is C23H30N6S. The fourth-order valence-corrected chi connectivity index (χ4v) is 5.16. The van der Waals surface area contributed by atoms with Crippen LogP contribution in [0.1, 0.15) is 50.9 Å². The topological polar surface area (TPSA) is 68.0 Å². The van der Waals surface area contributed by atoms with Gasteiger partial charge in [0.25, 0.3) is 0 Å². The monoisotopic (exact) mass is 422 g/mol. The first-order chi connectivity index (χ1) is 14.7. The van der Waals surface area contributed by atoms with Crippen LogP contribution in [-0.2, 0) is 0 Å². The summed E-state index contributed by atoms with van der Waals surface area (Å²) in [5, 5.41) is 3.48. The van der Waals surface area contributed by atoms with Crippen molar-refractivity contribution in [3.63, 3.8) is 0 Å². The molecule has 1 saturated carbocycles. The van der Waals surface area contributed by atoms with Gasteiger partial charge >= 0.3 is 0 Å². The summed E-state index contributed by atoms with van der Waals surface area (Å²) < 4.78 is 2.29. The van der Waals surface area contributed by atoms with Crippen LogP contribution in [0.3, 0.4) is 0 Å². The number of imidazole rings is 1. The molecule has 2 heterocycles. The van der Waals surface area contributed by atoms with Crippen molar-refractivity contribution in [2.75, 3.05) is 17.6 Å². The van der Waals surface area contributed by atoms with E-state index in [1.165, 1.54) is 32.1 Å². The van der Waals surface area contributed by atoms with Gasteiger partial charge in [0, 0.05) is 23.2 Å². The number of hydrogen-bond acceptors (Lipinski definition) is 6. The van der Waals surface area contributed by atoms with Crippen molar-refractivity contribution in [2.24, 2.45) is 10.9 Å². The maximum atomic E-state index is 4.75. The van der Waals surface area contributed by atoms with Crippen LogP contribution < -0.4 is 5.32 Å². The number of nitrogens with zero attached hydrogens (tertiary/aromatic N) is 5. The Balaban J connectivity index is 1.48. The molecule has 4 rings (SSSR count). The van der Waals surface area contributed by atoms with Crippen LogP contribution in [0.15, 0.2) is 40.5 Å². The van der Waals surface area contributed by atoms with Crippen molar-refractivity contribution in [3.8, 4) is 0 Å². The number of aliphatic imine (C=N–C) groups is 1. The Kier molecular flexibility index (Phi) is 6.67. The molecule has 158 valence electrons. The molecular weight excluding hydrogens is 392 g/mol. The van der Waals surface area contributed by atoms with Crippen molar-refractivity contribution in [1.82, 2.24) is 19.5 Å². The zero-order valence-electron chi connectivity index (χ0n) is 17.8. The molecule has 2 atom stereocenters. The summed E-state index contributed by atoms with van der Waals surface area (Å²) in [5.41, 5.74) is 2.76. The lowest BCUT2D eigenvalue weighted by Gasteiger charge is -2.19. The van der Waals surface area contributed by atoms with Crippen LogP contribution in [0.25, 0.3) is 11.2 Å². The second-order valence-electron chi connectivity index (χ2n) is 8.12. The number of rotatable bonds is 7. The van der Waals surface area contributed by atoms with E-state index in [1.54, 1.807) is 11.8 Å². The van der Waals surface area contributed by atoms with Crippen LogP contribution in [0, 0.1) is 12.8 Å². The highest BCUT2D eigenvalue weighted by molar-refractivity contribution is 7.99. The van der Waals surface area contributed by atoms with Gasteiger partial charge < -0.3 is 9.88 Å². The SMILES string of the molecule is C=Nc1ccccc1SCCNc1nc(C)nc2c1ncn2C1CCCCC(C)C1. The maximum absolute atomic E-state index is 4.75. The van der Waals surface area contributed by atoms with Crippen LogP contribution in [0.4, 0.5) is 11.5 Å². The summed E-state index contributed by atoms with van der Waals surface area (Å²) in [6.45, 7) is 8.76. The van der Waals surface area contributed by atoms with E-state index in [0.29, 0.717) is 6.04 Å². The lowest BCUT2D eigenvalue weighted by atomic mass is 10.0. The first-order valence-electron chi connectivity index (χ1n) is 10.8. The van der Waals surface area contributed by atoms with Crippen molar-refractivity contribution >= 4 is 41.1 Å². The van der Waals surface area contributed by atoms with Gasteiger partial charge in [0.1, 0.15) is 11.3 Å². The van der Waals surface area contributed by atoms with E-state index in [0.717, 1.165) is 51.6 Å². The molecule has 1 aromatic carbocycles.